The average molecular weight is 340 g/mol. The van der Waals surface area contributed by atoms with Crippen molar-refractivity contribution < 1.29 is 14.3 Å². The summed E-state index contributed by atoms with van der Waals surface area (Å²) in [4.78, 5) is 19.2. The van der Waals surface area contributed by atoms with E-state index < -0.39 is 6.10 Å². The highest BCUT2D eigenvalue weighted by atomic mass is 16.5. The lowest BCUT2D eigenvalue weighted by Crippen LogP contribution is -2.39. The highest BCUT2D eigenvalue weighted by Gasteiger charge is 2.29. The van der Waals surface area contributed by atoms with Crippen LogP contribution in [-0.2, 0) is 20.8 Å². The molecular weight excluding hydrogens is 316 g/mol. The fraction of sp³-hybridized carbons (Fsp3) is 0.400. The number of benzene rings is 1. The van der Waals surface area contributed by atoms with Crippen molar-refractivity contribution in [3.63, 3.8) is 0 Å². The first-order valence-corrected chi connectivity index (χ1v) is 8.61. The summed E-state index contributed by atoms with van der Waals surface area (Å²) in [6, 6.07) is 13.5. The maximum absolute atomic E-state index is 13.2. The number of pyridine rings is 1. The summed E-state index contributed by atoms with van der Waals surface area (Å²) in [5, 5.41) is 0. The number of amides is 1. The molecule has 1 fully saturated rings. The molecule has 1 aliphatic heterocycles. The molecule has 25 heavy (non-hydrogen) atoms. The molecule has 0 saturated carbocycles. The van der Waals surface area contributed by atoms with Gasteiger partial charge in [-0.1, -0.05) is 36.4 Å². The van der Waals surface area contributed by atoms with Crippen molar-refractivity contribution in [1.82, 2.24) is 9.88 Å². The minimum Gasteiger partial charge on any atom is -0.381 e. The number of rotatable bonds is 7. The Kier molecular flexibility index (Phi) is 6.14. The third-order valence-electron chi connectivity index (χ3n) is 4.47. The van der Waals surface area contributed by atoms with E-state index in [1.807, 2.05) is 47.4 Å². The van der Waals surface area contributed by atoms with E-state index in [4.69, 9.17) is 9.47 Å². The summed E-state index contributed by atoms with van der Waals surface area (Å²) in [6.07, 6.45) is 3.93. The number of hydrogen-bond acceptors (Lipinski definition) is 4. The van der Waals surface area contributed by atoms with Crippen LogP contribution in [0.3, 0.4) is 0 Å². The van der Waals surface area contributed by atoms with Crippen molar-refractivity contribution >= 4 is 5.91 Å². The Hall–Kier alpha value is -2.24. The van der Waals surface area contributed by atoms with Gasteiger partial charge in [0.15, 0.2) is 6.10 Å². The standard InChI is InChI=1S/C20H24N2O3/c1-24-19(18-7-3-2-4-8-18)20(23)22(14-17-9-11-25-15-17)13-16-6-5-10-21-12-16/h2-8,10,12,17,19H,9,11,13-15H2,1H3. The zero-order valence-corrected chi connectivity index (χ0v) is 14.5. The molecule has 2 aromatic rings. The Labute approximate surface area is 148 Å². The van der Waals surface area contributed by atoms with Crippen molar-refractivity contribution in [2.75, 3.05) is 26.9 Å². The van der Waals surface area contributed by atoms with Crippen LogP contribution in [-0.4, -0.2) is 42.7 Å². The van der Waals surface area contributed by atoms with Crippen LogP contribution in [0.15, 0.2) is 54.9 Å². The zero-order valence-electron chi connectivity index (χ0n) is 14.5. The number of hydrogen-bond donors (Lipinski definition) is 0. The van der Waals surface area contributed by atoms with Gasteiger partial charge in [0.05, 0.1) is 6.61 Å². The maximum atomic E-state index is 13.2. The molecule has 0 radical (unpaired) electrons. The van der Waals surface area contributed by atoms with E-state index in [9.17, 15) is 4.79 Å². The van der Waals surface area contributed by atoms with Crippen LogP contribution in [0.1, 0.15) is 23.7 Å². The number of carbonyl (C=O) groups excluding carboxylic acids is 1. The molecule has 1 saturated heterocycles. The lowest BCUT2D eigenvalue weighted by molar-refractivity contribution is -0.143. The molecule has 1 aromatic carbocycles. The fourth-order valence-corrected chi connectivity index (χ4v) is 3.16. The third-order valence-corrected chi connectivity index (χ3v) is 4.47. The van der Waals surface area contributed by atoms with Gasteiger partial charge in [-0.3, -0.25) is 9.78 Å². The fourth-order valence-electron chi connectivity index (χ4n) is 3.16. The number of ether oxygens (including phenoxy) is 2. The number of aromatic nitrogens is 1. The number of carbonyl (C=O) groups is 1. The molecule has 1 aliphatic rings. The lowest BCUT2D eigenvalue weighted by atomic mass is 10.0. The van der Waals surface area contributed by atoms with Crippen molar-refractivity contribution in [3.05, 3.63) is 66.0 Å². The molecule has 5 nitrogen and oxygen atoms in total. The summed E-state index contributed by atoms with van der Waals surface area (Å²) >= 11 is 0. The molecule has 2 unspecified atom stereocenters. The topological polar surface area (TPSA) is 51.7 Å². The smallest absolute Gasteiger partial charge is 0.256 e. The maximum Gasteiger partial charge on any atom is 0.256 e. The molecule has 0 aliphatic carbocycles. The Bertz CT molecular complexity index is 657. The van der Waals surface area contributed by atoms with Crippen LogP contribution in [0, 0.1) is 5.92 Å². The first-order valence-electron chi connectivity index (χ1n) is 8.61. The van der Waals surface area contributed by atoms with Crippen LogP contribution in [0.4, 0.5) is 0 Å². The van der Waals surface area contributed by atoms with Crippen molar-refractivity contribution in [2.24, 2.45) is 5.92 Å². The van der Waals surface area contributed by atoms with Gasteiger partial charge in [-0.05, 0) is 23.6 Å². The predicted molar refractivity (Wildman–Crippen MR) is 94.8 cm³/mol. The van der Waals surface area contributed by atoms with Gasteiger partial charge in [-0.15, -0.1) is 0 Å². The third kappa shape index (κ3) is 4.65. The van der Waals surface area contributed by atoms with Gasteiger partial charge >= 0.3 is 0 Å². The van der Waals surface area contributed by atoms with Gasteiger partial charge in [-0.2, -0.15) is 0 Å². The van der Waals surface area contributed by atoms with Gasteiger partial charge in [0.2, 0.25) is 0 Å². The Morgan fingerprint density at radius 1 is 1.32 bits per heavy atom. The monoisotopic (exact) mass is 340 g/mol. The Morgan fingerprint density at radius 2 is 2.16 bits per heavy atom. The van der Waals surface area contributed by atoms with E-state index in [2.05, 4.69) is 4.98 Å². The SMILES string of the molecule is COC(C(=O)N(Cc1cccnc1)CC1CCOC1)c1ccccc1. The second kappa shape index (κ2) is 8.74. The van der Waals surface area contributed by atoms with E-state index >= 15 is 0 Å². The second-order valence-corrected chi connectivity index (χ2v) is 6.34. The highest BCUT2D eigenvalue weighted by molar-refractivity contribution is 5.82. The first kappa shape index (κ1) is 17.6. The molecule has 1 amide bonds. The van der Waals surface area contributed by atoms with Gasteiger partial charge in [0.1, 0.15) is 0 Å². The van der Waals surface area contributed by atoms with Gasteiger partial charge < -0.3 is 14.4 Å². The molecule has 132 valence electrons. The zero-order chi connectivity index (χ0) is 17.5. The minimum atomic E-state index is -0.597. The molecule has 2 atom stereocenters. The molecule has 0 bridgehead atoms. The summed E-state index contributed by atoms with van der Waals surface area (Å²) in [5.74, 6) is 0.346. The van der Waals surface area contributed by atoms with Crippen LogP contribution in [0.2, 0.25) is 0 Å². The summed E-state index contributed by atoms with van der Waals surface area (Å²) in [6.45, 7) is 2.67. The summed E-state index contributed by atoms with van der Waals surface area (Å²) in [7, 11) is 1.58. The van der Waals surface area contributed by atoms with Gasteiger partial charge in [-0.25, -0.2) is 0 Å². The Balaban J connectivity index is 1.79. The number of methoxy groups -OCH3 is 1. The van der Waals surface area contributed by atoms with E-state index in [-0.39, 0.29) is 5.91 Å². The van der Waals surface area contributed by atoms with E-state index in [0.717, 1.165) is 24.2 Å². The first-order chi connectivity index (χ1) is 12.3. The van der Waals surface area contributed by atoms with E-state index in [1.165, 1.54) is 0 Å². The molecule has 5 heteroatoms. The van der Waals surface area contributed by atoms with E-state index in [1.54, 1.807) is 19.5 Å². The highest BCUT2D eigenvalue weighted by Crippen LogP contribution is 2.23. The minimum absolute atomic E-state index is 0.0237. The van der Waals surface area contributed by atoms with Gasteiger partial charge in [0, 0.05) is 45.1 Å². The quantitative estimate of drug-likeness (QED) is 0.778. The Morgan fingerprint density at radius 3 is 2.80 bits per heavy atom. The largest absolute Gasteiger partial charge is 0.381 e. The second-order valence-electron chi connectivity index (χ2n) is 6.34. The van der Waals surface area contributed by atoms with Gasteiger partial charge in [0.25, 0.3) is 5.91 Å². The molecule has 0 spiro atoms. The van der Waals surface area contributed by atoms with Crippen LogP contribution in [0.5, 0.6) is 0 Å². The molecule has 3 rings (SSSR count). The lowest BCUT2D eigenvalue weighted by Gasteiger charge is -2.29. The molecule has 0 N–H and O–H groups in total. The molecular formula is C20H24N2O3. The van der Waals surface area contributed by atoms with E-state index in [0.29, 0.717) is 25.6 Å². The van der Waals surface area contributed by atoms with Crippen LogP contribution < -0.4 is 0 Å². The van der Waals surface area contributed by atoms with Crippen molar-refractivity contribution in [3.8, 4) is 0 Å². The van der Waals surface area contributed by atoms with Crippen LogP contribution >= 0.6 is 0 Å². The number of nitrogens with zero attached hydrogens (tertiary/aromatic N) is 2. The normalized spacial score (nSPS) is 18.0. The molecule has 1 aromatic heterocycles. The predicted octanol–water partition coefficient (Wildman–Crippen LogP) is 2.83. The summed E-state index contributed by atoms with van der Waals surface area (Å²) in [5.41, 5.74) is 1.88. The molecule has 2 heterocycles. The van der Waals surface area contributed by atoms with Crippen molar-refractivity contribution in [2.45, 2.75) is 19.1 Å². The van der Waals surface area contributed by atoms with Crippen LogP contribution in [0.25, 0.3) is 0 Å². The average Bonchev–Trinajstić information content (AvgIpc) is 3.17. The van der Waals surface area contributed by atoms with Crippen molar-refractivity contribution in [1.29, 1.82) is 0 Å². The summed E-state index contributed by atoms with van der Waals surface area (Å²) < 4.78 is 11.0.